The van der Waals surface area contributed by atoms with E-state index in [2.05, 4.69) is 15.3 Å². The molecule has 4 N–H and O–H groups in total. The highest BCUT2D eigenvalue weighted by Crippen LogP contribution is 2.26. The molecule has 8 nitrogen and oxygen atoms in total. The molecule has 2 aromatic rings. The molecule has 8 heteroatoms. The highest BCUT2D eigenvalue weighted by Gasteiger charge is 2.09. The maximum absolute atomic E-state index is 5.89. The van der Waals surface area contributed by atoms with Crippen LogP contribution >= 0.6 is 0 Å². The van der Waals surface area contributed by atoms with Gasteiger partial charge in [-0.1, -0.05) is 13.8 Å². The number of amidine groups is 1. The minimum atomic E-state index is 0.393. The van der Waals surface area contributed by atoms with Gasteiger partial charge in [0.05, 0.1) is 12.8 Å². The number of hydrazine groups is 1. The molecule has 0 fully saturated rings. The first kappa shape index (κ1) is 21.4. The van der Waals surface area contributed by atoms with Crippen LogP contribution in [0.5, 0.6) is 5.75 Å². The number of hydrogen-bond donors (Lipinski definition) is 2. The fourth-order valence-corrected chi connectivity index (χ4v) is 2.36. The second-order valence-corrected chi connectivity index (χ2v) is 5.50. The van der Waals surface area contributed by atoms with Gasteiger partial charge in [-0.25, -0.2) is 5.84 Å². The zero-order valence-electron chi connectivity index (χ0n) is 16.3. The molecule has 0 unspecified atom stereocenters. The lowest BCUT2D eigenvalue weighted by atomic mass is 10.1. The lowest BCUT2D eigenvalue weighted by Gasteiger charge is -2.16. The van der Waals surface area contributed by atoms with E-state index in [0.29, 0.717) is 17.6 Å². The number of aromatic nitrogens is 2. The summed E-state index contributed by atoms with van der Waals surface area (Å²) in [6.07, 6.45) is 3.53. The van der Waals surface area contributed by atoms with E-state index in [0.717, 1.165) is 42.7 Å². The Morgan fingerprint density at radius 1 is 1.23 bits per heavy atom. The van der Waals surface area contributed by atoms with Crippen molar-refractivity contribution < 1.29 is 9.15 Å². The van der Waals surface area contributed by atoms with Crippen LogP contribution in [0.4, 0.5) is 5.69 Å². The summed E-state index contributed by atoms with van der Waals surface area (Å²) >= 11 is 0. The number of rotatable bonds is 8. The van der Waals surface area contributed by atoms with Crippen LogP contribution in [-0.4, -0.2) is 23.1 Å². The van der Waals surface area contributed by atoms with Crippen LogP contribution in [0.1, 0.15) is 51.0 Å². The van der Waals surface area contributed by atoms with Crippen molar-refractivity contribution in [1.82, 2.24) is 10.2 Å². The molecule has 0 saturated carbocycles. The Bertz CT molecular complexity index is 695. The molecule has 144 valence electrons. The van der Waals surface area contributed by atoms with Gasteiger partial charge in [-0.15, -0.1) is 15.3 Å². The number of ether oxygens (including phenoxy) is 1. The summed E-state index contributed by atoms with van der Waals surface area (Å²) in [5, 5.41) is 13.1. The van der Waals surface area contributed by atoms with E-state index in [1.165, 1.54) is 5.12 Å². The topological polar surface area (TPSA) is 116 Å². The maximum Gasteiger partial charge on any atom is 0.216 e. The second kappa shape index (κ2) is 11.1. The van der Waals surface area contributed by atoms with Crippen LogP contribution in [0.2, 0.25) is 0 Å². The van der Waals surface area contributed by atoms with Gasteiger partial charge < -0.3 is 14.9 Å². The number of anilines is 1. The number of methoxy groups -OCH3 is 1. The van der Waals surface area contributed by atoms with E-state index in [4.69, 9.17) is 20.7 Å². The highest BCUT2D eigenvalue weighted by atomic mass is 16.5. The molecule has 1 heterocycles. The third-order valence-electron chi connectivity index (χ3n) is 3.45. The predicted octanol–water partition coefficient (Wildman–Crippen LogP) is 2.95. The molecular weight excluding hydrogens is 332 g/mol. The molecular formula is C18H30N6O2. The average Bonchev–Trinajstić information content (AvgIpc) is 3.05. The van der Waals surface area contributed by atoms with Gasteiger partial charge in [-0.2, -0.15) is 5.12 Å². The molecule has 26 heavy (non-hydrogen) atoms. The molecule has 0 saturated heterocycles. The predicted molar refractivity (Wildman–Crippen MR) is 104 cm³/mol. The van der Waals surface area contributed by atoms with E-state index < -0.39 is 0 Å². The Morgan fingerprint density at radius 3 is 2.50 bits per heavy atom. The van der Waals surface area contributed by atoms with Gasteiger partial charge in [0.15, 0.2) is 0 Å². The van der Waals surface area contributed by atoms with Crippen LogP contribution < -0.4 is 21.4 Å². The van der Waals surface area contributed by atoms with Crippen LogP contribution in [0.15, 0.2) is 27.7 Å². The molecule has 1 aromatic heterocycles. The van der Waals surface area contributed by atoms with Gasteiger partial charge in [0, 0.05) is 13.3 Å². The van der Waals surface area contributed by atoms with Gasteiger partial charge in [-0.05, 0) is 49.9 Å². The summed E-state index contributed by atoms with van der Waals surface area (Å²) < 4.78 is 10.8. The Morgan fingerprint density at radius 2 is 1.92 bits per heavy atom. The van der Waals surface area contributed by atoms with Crippen molar-refractivity contribution >= 4 is 11.5 Å². The van der Waals surface area contributed by atoms with Gasteiger partial charge >= 0.3 is 0 Å². The summed E-state index contributed by atoms with van der Waals surface area (Å²) in [4.78, 5) is 0. The van der Waals surface area contributed by atoms with Gasteiger partial charge in [0.2, 0.25) is 11.8 Å². The Balaban J connectivity index is 0.00000163. The minimum Gasteiger partial charge on any atom is -0.496 e. The van der Waals surface area contributed by atoms with Crippen molar-refractivity contribution in [3.63, 3.8) is 0 Å². The summed E-state index contributed by atoms with van der Waals surface area (Å²) in [6, 6.07) is 5.69. The van der Waals surface area contributed by atoms with Gasteiger partial charge in [0.1, 0.15) is 11.6 Å². The SMILES string of the molecule is CC.COc1ccc(N(N)/N=C(/C)N)cc1CCCCc1nnc(C)o1. The van der Waals surface area contributed by atoms with Crippen molar-refractivity contribution in [2.45, 2.75) is 53.4 Å². The Kier molecular flexibility index (Phi) is 9.14. The standard InChI is InChI=1S/C16H24N6O2.C2H6/c1-11(17)21-22(18)14-8-9-15(23-3)13(10-14)6-4-5-7-16-20-19-12(2)24-16;1-2/h8-10H,4-7,18H2,1-3H3,(H2,17,21);1-2H3. The first-order valence-corrected chi connectivity index (χ1v) is 8.81. The highest BCUT2D eigenvalue weighted by molar-refractivity contribution is 5.78. The Labute approximate surface area is 155 Å². The van der Waals surface area contributed by atoms with E-state index in [-0.39, 0.29) is 0 Å². The molecule has 0 aliphatic rings. The summed E-state index contributed by atoms with van der Waals surface area (Å²) in [5.41, 5.74) is 7.38. The molecule has 2 rings (SSSR count). The largest absolute Gasteiger partial charge is 0.496 e. The van der Waals surface area contributed by atoms with Crippen molar-refractivity contribution in [1.29, 1.82) is 0 Å². The molecule has 0 atom stereocenters. The number of unbranched alkanes of at least 4 members (excludes halogenated alkanes) is 1. The van der Waals surface area contributed by atoms with Crippen molar-refractivity contribution in [3.8, 4) is 5.75 Å². The second-order valence-electron chi connectivity index (χ2n) is 5.50. The number of aryl methyl sites for hydroxylation is 3. The molecule has 0 spiro atoms. The summed E-state index contributed by atoms with van der Waals surface area (Å²) in [7, 11) is 1.65. The lowest BCUT2D eigenvalue weighted by Crippen LogP contribution is -2.27. The van der Waals surface area contributed by atoms with Crippen LogP contribution in [-0.2, 0) is 12.8 Å². The first-order chi connectivity index (χ1) is 12.5. The van der Waals surface area contributed by atoms with Gasteiger partial charge in [-0.3, -0.25) is 0 Å². The van der Waals surface area contributed by atoms with E-state index in [1.54, 1.807) is 21.0 Å². The number of nitrogens with zero attached hydrogens (tertiary/aromatic N) is 4. The average molecular weight is 362 g/mol. The van der Waals surface area contributed by atoms with Crippen LogP contribution in [0.3, 0.4) is 0 Å². The van der Waals surface area contributed by atoms with Crippen molar-refractivity contribution in [2.75, 3.05) is 12.2 Å². The smallest absolute Gasteiger partial charge is 0.216 e. The van der Waals surface area contributed by atoms with Crippen molar-refractivity contribution in [2.24, 2.45) is 16.7 Å². The molecule has 0 aliphatic carbocycles. The molecule has 0 amide bonds. The van der Waals surface area contributed by atoms with Gasteiger partial charge in [0.25, 0.3) is 0 Å². The number of benzene rings is 1. The normalized spacial score (nSPS) is 10.9. The Hall–Kier alpha value is -2.61. The molecule has 1 aromatic carbocycles. The van der Waals surface area contributed by atoms with E-state index in [1.807, 2.05) is 32.0 Å². The fraction of sp³-hybridized carbons (Fsp3) is 0.500. The number of hydrazone groups is 1. The molecule has 0 radical (unpaired) electrons. The zero-order chi connectivity index (χ0) is 19.5. The number of nitrogens with two attached hydrogens (primary N) is 2. The molecule has 0 bridgehead atoms. The van der Waals surface area contributed by atoms with E-state index >= 15 is 0 Å². The monoisotopic (exact) mass is 362 g/mol. The van der Waals surface area contributed by atoms with Crippen LogP contribution in [0, 0.1) is 6.92 Å². The summed E-state index contributed by atoms with van der Waals surface area (Å²) in [5.74, 6) is 8.38. The minimum absolute atomic E-state index is 0.393. The molecule has 0 aliphatic heterocycles. The third-order valence-corrected chi connectivity index (χ3v) is 3.45. The lowest BCUT2D eigenvalue weighted by molar-refractivity contribution is 0.408. The zero-order valence-corrected chi connectivity index (χ0v) is 16.3. The van der Waals surface area contributed by atoms with E-state index in [9.17, 15) is 0 Å². The third kappa shape index (κ3) is 6.72. The summed E-state index contributed by atoms with van der Waals surface area (Å²) in [6.45, 7) is 7.47. The fourth-order valence-electron chi connectivity index (χ4n) is 2.36. The van der Waals surface area contributed by atoms with Crippen molar-refractivity contribution in [3.05, 3.63) is 35.5 Å². The maximum atomic E-state index is 5.89. The van der Waals surface area contributed by atoms with Crippen LogP contribution in [0.25, 0.3) is 0 Å². The number of hydrogen-bond acceptors (Lipinski definition) is 7. The first-order valence-electron chi connectivity index (χ1n) is 8.81. The quantitative estimate of drug-likeness (QED) is 0.244.